The lowest BCUT2D eigenvalue weighted by atomic mass is 10.1. The van der Waals surface area contributed by atoms with Crippen molar-refractivity contribution in [2.45, 2.75) is 57.7 Å². The van der Waals surface area contributed by atoms with Gasteiger partial charge >= 0.3 is 0 Å². The fraction of sp³-hybridized carbons (Fsp3) is 0.550. The molecule has 0 radical (unpaired) electrons. The molecule has 5 nitrogen and oxygen atoms in total. The third-order valence-electron chi connectivity index (χ3n) is 4.73. The number of carbonyl (C=O) groups excluding carboxylic acids is 1. The fourth-order valence-electron chi connectivity index (χ4n) is 3.14. The van der Waals surface area contributed by atoms with Crippen LogP contribution < -0.4 is 5.32 Å². The molecule has 2 aromatic rings. The summed E-state index contributed by atoms with van der Waals surface area (Å²) < 4.78 is 2.17. The van der Waals surface area contributed by atoms with E-state index in [2.05, 4.69) is 72.0 Å². The average molecular weight is 373 g/mol. The monoisotopic (exact) mass is 372 g/mol. The number of nitrogens with zero attached hydrogens (tertiary/aromatic N) is 3. The van der Waals surface area contributed by atoms with E-state index in [1.54, 1.807) is 0 Å². The summed E-state index contributed by atoms with van der Waals surface area (Å²) in [4.78, 5) is 11.9. The molecule has 26 heavy (non-hydrogen) atoms. The van der Waals surface area contributed by atoms with E-state index in [9.17, 15) is 4.79 Å². The van der Waals surface area contributed by atoms with Crippen molar-refractivity contribution in [3.63, 3.8) is 0 Å². The zero-order chi connectivity index (χ0) is 18.7. The summed E-state index contributed by atoms with van der Waals surface area (Å²) in [6, 6.07) is 8.79. The summed E-state index contributed by atoms with van der Waals surface area (Å²) in [6.07, 6.45) is 1.13. The van der Waals surface area contributed by atoms with Crippen molar-refractivity contribution in [2.24, 2.45) is 5.92 Å². The van der Waals surface area contributed by atoms with E-state index in [0.29, 0.717) is 30.1 Å². The van der Waals surface area contributed by atoms with E-state index < -0.39 is 0 Å². The van der Waals surface area contributed by atoms with Crippen molar-refractivity contribution in [1.29, 1.82) is 0 Å². The Kier molecular flexibility index (Phi) is 6.01. The Morgan fingerprint density at radius 1 is 1.27 bits per heavy atom. The molecule has 0 aliphatic heterocycles. The maximum absolute atomic E-state index is 11.9. The molecule has 0 saturated heterocycles. The summed E-state index contributed by atoms with van der Waals surface area (Å²) in [6.45, 7) is 9.95. The number of amides is 1. The molecule has 0 unspecified atom stereocenters. The molecule has 1 amide bonds. The minimum Gasteiger partial charge on any atom is -0.355 e. The molecule has 0 bridgehead atoms. The largest absolute Gasteiger partial charge is 0.355 e. The molecule has 3 rings (SSSR count). The van der Waals surface area contributed by atoms with Crippen LogP contribution in [0, 0.1) is 12.8 Å². The molecule has 1 heterocycles. The lowest BCUT2D eigenvalue weighted by Crippen LogP contribution is -2.28. The molecule has 140 valence electrons. The normalized spacial score (nSPS) is 19.0. The van der Waals surface area contributed by atoms with Gasteiger partial charge in [0.2, 0.25) is 5.91 Å². The van der Waals surface area contributed by atoms with Crippen LogP contribution in [0.3, 0.4) is 0 Å². The van der Waals surface area contributed by atoms with Crippen LogP contribution in [-0.2, 0) is 11.3 Å². The van der Waals surface area contributed by atoms with Gasteiger partial charge in [-0.25, -0.2) is 0 Å². The minimum atomic E-state index is 0.0554. The lowest BCUT2D eigenvalue weighted by molar-refractivity contribution is -0.118. The summed E-state index contributed by atoms with van der Waals surface area (Å²) in [7, 11) is 0. The van der Waals surface area contributed by atoms with Gasteiger partial charge in [0.1, 0.15) is 5.82 Å². The number of thioether (sulfide) groups is 1. The number of hydrogen-bond donors (Lipinski definition) is 1. The smallest absolute Gasteiger partial charge is 0.230 e. The molecule has 1 aromatic carbocycles. The topological polar surface area (TPSA) is 59.8 Å². The highest BCUT2D eigenvalue weighted by atomic mass is 32.2. The fourth-order valence-corrected chi connectivity index (χ4v) is 3.98. The second-order valence-corrected chi connectivity index (χ2v) is 8.37. The number of benzene rings is 1. The lowest BCUT2D eigenvalue weighted by Gasteiger charge is -2.09. The summed E-state index contributed by atoms with van der Waals surface area (Å²) >= 11 is 1.47. The second kappa shape index (κ2) is 8.25. The average Bonchev–Trinajstić information content (AvgIpc) is 3.30. The van der Waals surface area contributed by atoms with Gasteiger partial charge in [0, 0.05) is 19.0 Å². The molecule has 1 aliphatic carbocycles. The van der Waals surface area contributed by atoms with Crippen LogP contribution in [-0.4, -0.2) is 33.0 Å². The van der Waals surface area contributed by atoms with Crippen molar-refractivity contribution in [2.75, 3.05) is 12.3 Å². The molecule has 2 atom stereocenters. The summed E-state index contributed by atoms with van der Waals surface area (Å²) in [5.41, 5.74) is 2.67. The first-order chi connectivity index (χ1) is 12.5. The molecule has 1 aliphatic rings. The van der Waals surface area contributed by atoms with E-state index in [1.807, 2.05) is 0 Å². The number of hydrogen-bond acceptors (Lipinski definition) is 4. The third-order valence-corrected chi connectivity index (χ3v) is 5.70. The van der Waals surface area contributed by atoms with Crippen molar-refractivity contribution in [1.82, 2.24) is 20.1 Å². The van der Waals surface area contributed by atoms with Gasteiger partial charge in [0.05, 0.1) is 5.75 Å². The maximum atomic E-state index is 11.9. The highest BCUT2D eigenvalue weighted by molar-refractivity contribution is 7.99. The summed E-state index contributed by atoms with van der Waals surface area (Å²) in [5, 5.41) is 12.6. The Hall–Kier alpha value is -1.82. The van der Waals surface area contributed by atoms with E-state index in [0.717, 1.165) is 23.9 Å². The molecule has 1 saturated carbocycles. The second-order valence-electron chi connectivity index (χ2n) is 7.43. The number of nitrogens with one attached hydrogen (secondary N) is 1. The first kappa shape index (κ1) is 19.0. The van der Waals surface area contributed by atoms with Crippen molar-refractivity contribution in [3.05, 3.63) is 41.2 Å². The standard InChI is InChI=1S/C20H28N4OS/c1-5-24-19(17-10-16(17)15-8-6-14(4)7-9-15)22-23-20(24)26-12-18(25)21-11-13(2)3/h6-9,13,16-17H,5,10-12H2,1-4H3,(H,21,25)/t16-,17+/m1/s1. The Morgan fingerprint density at radius 2 is 2.00 bits per heavy atom. The van der Waals surface area contributed by atoms with Gasteiger partial charge < -0.3 is 9.88 Å². The number of aryl methyl sites for hydroxylation is 1. The van der Waals surface area contributed by atoms with E-state index >= 15 is 0 Å². The Labute approximate surface area is 160 Å². The summed E-state index contributed by atoms with van der Waals surface area (Å²) in [5.74, 6) is 2.94. The van der Waals surface area contributed by atoms with Gasteiger partial charge in [0.25, 0.3) is 0 Å². The van der Waals surface area contributed by atoms with Gasteiger partial charge in [-0.15, -0.1) is 10.2 Å². The van der Waals surface area contributed by atoms with E-state index in [4.69, 9.17) is 0 Å². The van der Waals surface area contributed by atoms with Crippen molar-refractivity contribution in [3.8, 4) is 0 Å². The van der Waals surface area contributed by atoms with Gasteiger partial charge in [0.15, 0.2) is 5.16 Å². The van der Waals surface area contributed by atoms with Gasteiger partial charge in [-0.05, 0) is 37.7 Å². The zero-order valence-corrected chi connectivity index (χ0v) is 16.8. The molecule has 0 spiro atoms. The predicted octanol–water partition coefficient (Wildman–Crippen LogP) is 3.74. The first-order valence-electron chi connectivity index (χ1n) is 9.38. The van der Waals surface area contributed by atoms with E-state index in [-0.39, 0.29) is 5.91 Å². The molecular weight excluding hydrogens is 344 g/mol. The van der Waals surface area contributed by atoms with Crippen LogP contribution in [0.25, 0.3) is 0 Å². The molecular formula is C20H28N4OS. The van der Waals surface area contributed by atoms with Crippen LogP contribution in [0.2, 0.25) is 0 Å². The van der Waals surface area contributed by atoms with Gasteiger partial charge in [-0.3, -0.25) is 4.79 Å². The van der Waals surface area contributed by atoms with Gasteiger partial charge in [-0.1, -0.05) is 55.4 Å². The quantitative estimate of drug-likeness (QED) is 0.717. The molecule has 6 heteroatoms. The highest BCUT2D eigenvalue weighted by Gasteiger charge is 2.43. The number of rotatable bonds is 8. The predicted molar refractivity (Wildman–Crippen MR) is 106 cm³/mol. The SMILES string of the molecule is CCn1c(SCC(=O)NCC(C)C)nnc1[C@H]1C[C@@H]1c1ccc(C)cc1. The molecule has 1 N–H and O–H groups in total. The maximum Gasteiger partial charge on any atom is 0.230 e. The Balaban J connectivity index is 1.62. The zero-order valence-electron chi connectivity index (χ0n) is 16.0. The van der Waals surface area contributed by atoms with Crippen molar-refractivity contribution < 1.29 is 4.79 Å². The number of carbonyl (C=O) groups is 1. The third kappa shape index (κ3) is 4.47. The van der Waals surface area contributed by atoms with Gasteiger partial charge in [-0.2, -0.15) is 0 Å². The van der Waals surface area contributed by atoms with Crippen LogP contribution in [0.1, 0.15) is 56.0 Å². The Bertz CT molecular complexity index is 754. The Morgan fingerprint density at radius 3 is 2.65 bits per heavy atom. The highest BCUT2D eigenvalue weighted by Crippen LogP contribution is 2.54. The first-order valence-corrected chi connectivity index (χ1v) is 10.4. The van der Waals surface area contributed by atoms with Crippen LogP contribution in [0.4, 0.5) is 0 Å². The van der Waals surface area contributed by atoms with Crippen molar-refractivity contribution >= 4 is 17.7 Å². The molecule has 1 aromatic heterocycles. The minimum absolute atomic E-state index is 0.0554. The van der Waals surface area contributed by atoms with Crippen LogP contribution in [0.5, 0.6) is 0 Å². The van der Waals surface area contributed by atoms with Crippen LogP contribution >= 0.6 is 11.8 Å². The van der Waals surface area contributed by atoms with E-state index in [1.165, 1.54) is 22.9 Å². The molecule has 1 fully saturated rings. The van der Waals surface area contributed by atoms with Crippen LogP contribution in [0.15, 0.2) is 29.4 Å². The number of aromatic nitrogens is 3.